The van der Waals surface area contributed by atoms with Gasteiger partial charge in [-0.25, -0.2) is 0 Å². The van der Waals surface area contributed by atoms with Crippen LogP contribution in [0.2, 0.25) is 5.02 Å². The quantitative estimate of drug-likeness (QED) is 0.914. The summed E-state index contributed by atoms with van der Waals surface area (Å²) >= 11 is 5.97. The summed E-state index contributed by atoms with van der Waals surface area (Å²) in [6, 6.07) is 7.34. The molecule has 1 aromatic heterocycles. The Bertz CT molecular complexity index is 639. The van der Waals surface area contributed by atoms with Gasteiger partial charge < -0.3 is 9.67 Å². The van der Waals surface area contributed by atoms with E-state index in [1.54, 1.807) is 6.07 Å². The van der Waals surface area contributed by atoms with Crippen LogP contribution in [0.3, 0.4) is 0 Å². The van der Waals surface area contributed by atoms with Gasteiger partial charge in [-0.1, -0.05) is 23.7 Å². The summed E-state index contributed by atoms with van der Waals surface area (Å²) < 4.78 is 1.88. The summed E-state index contributed by atoms with van der Waals surface area (Å²) in [4.78, 5) is 11.1. The molecule has 3 rings (SSSR count). The number of aryl methyl sites for hydroxylation is 1. The molecule has 6 heteroatoms. The van der Waals surface area contributed by atoms with E-state index in [1.807, 2.05) is 22.8 Å². The number of carboxylic acid groups (broad SMARTS) is 1. The fraction of sp³-hybridized carbons (Fsp3) is 0.308. The number of halogens is 1. The van der Waals surface area contributed by atoms with Crippen LogP contribution in [0.15, 0.2) is 24.3 Å². The highest BCUT2D eigenvalue weighted by Gasteiger charge is 2.27. The average molecular weight is 278 g/mol. The number of rotatable bonds is 2. The minimum absolute atomic E-state index is 0.374. The highest BCUT2D eigenvalue weighted by atomic mass is 35.5. The third-order valence-electron chi connectivity index (χ3n) is 3.38. The third kappa shape index (κ3) is 2.21. The Hall–Kier alpha value is -1.88. The number of hydrogen-bond donors (Lipinski definition) is 1. The molecule has 0 aliphatic carbocycles. The van der Waals surface area contributed by atoms with Crippen LogP contribution < -0.4 is 0 Å². The van der Waals surface area contributed by atoms with Crippen molar-refractivity contribution >= 4 is 17.6 Å². The van der Waals surface area contributed by atoms with Crippen molar-refractivity contribution in [3.05, 3.63) is 35.1 Å². The predicted molar refractivity (Wildman–Crippen MR) is 69.9 cm³/mol. The fourth-order valence-electron chi connectivity index (χ4n) is 2.37. The van der Waals surface area contributed by atoms with Crippen molar-refractivity contribution in [3.63, 3.8) is 0 Å². The zero-order valence-electron chi connectivity index (χ0n) is 10.1. The number of aromatic nitrogens is 3. The van der Waals surface area contributed by atoms with Gasteiger partial charge in [-0.15, -0.1) is 10.2 Å². The molecular formula is C13H12ClN3O2. The van der Waals surface area contributed by atoms with E-state index in [-0.39, 0.29) is 5.92 Å². The van der Waals surface area contributed by atoms with Gasteiger partial charge in [-0.3, -0.25) is 4.79 Å². The topological polar surface area (TPSA) is 68.0 Å². The second-order valence-electron chi connectivity index (χ2n) is 4.63. The first-order chi connectivity index (χ1) is 9.15. The van der Waals surface area contributed by atoms with E-state index in [0.717, 1.165) is 11.4 Å². The van der Waals surface area contributed by atoms with E-state index >= 15 is 0 Å². The molecule has 0 radical (unpaired) electrons. The van der Waals surface area contributed by atoms with Crippen LogP contribution in [0.25, 0.3) is 11.4 Å². The molecule has 1 aromatic carbocycles. The van der Waals surface area contributed by atoms with Gasteiger partial charge in [0, 0.05) is 23.6 Å². The first-order valence-electron chi connectivity index (χ1n) is 6.06. The molecule has 2 aromatic rings. The highest BCUT2D eigenvalue weighted by molar-refractivity contribution is 6.30. The van der Waals surface area contributed by atoms with Gasteiger partial charge in [0.1, 0.15) is 5.82 Å². The van der Waals surface area contributed by atoms with Crippen molar-refractivity contribution in [2.24, 2.45) is 5.92 Å². The van der Waals surface area contributed by atoms with Crippen LogP contribution in [-0.4, -0.2) is 25.8 Å². The largest absolute Gasteiger partial charge is 0.481 e. The van der Waals surface area contributed by atoms with Crippen molar-refractivity contribution in [1.29, 1.82) is 0 Å². The first kappa shape index (κ1) is 12.2. The number of carbonyl (C=O) groups is 1. The van der Waals surface area contributed by atoms with E-state index in [9.17, 15) is 4.79 Å². The third-order valence-corrected chi connectivity index (χ3v) is 3.61. The van der Waals surface area contributed by atoms with Gasteiger partial charge in [0.05, 0.1) is 5.92 Å². The minimum Gasteiger partial charge on any atom is -0.481 e. The molecule has 0 amide bonds. The maximum absolute atomic E-state index is 11.1. The number of hydrogen-bond acceptors (Lipinski definition) is 3. The lowest BCUT2D eigenvalue weighted by molar-refractivity contribution is -0.142. The molecule has 2 heterocycles. The van der Waals surface area contributed by atoms with Crippen LogP contribution in [0.1, 0.15) is 12.2 Å². The molecule has 1 unspecified atom stereocenters. The van der Waals surface area contributed by atoms with Crippen LogP contribution >= 0.6 is 11.6 Å². The first-order valence-corrected chi connectivity index (χ1v) is 6.44. The number of fused-ring (bicyclic) bond motifs is 1. The zero-order chi connectivity index (χ0) is 13.4. The molecule has 1 aliphatic heterocycles. The summed E-state index contributed by atoms with van der Waals surface area (Å²) in [5, 5.41) is 18.1. The Morgan fingerprint density at radius 1 is 1.42 bits per heavy atom. The van der Waals surface area contributed by atoms with E-state index in [1.165, 1.54) is 0 Å². The van der Waals surface area contributed by atoms with Crippen LogP contribution in [0.4, 0.5) is 0 Å². The zero-order valence-corrected chi connectivity index (χ0v) is 10.8. The molecule has 1 atom stereocenters. The maximum Gasteiger partial charge on any atom is 0.308 e. The summed E-state index contributed by atoms with van der Waals surface area (Å²) in [6.45, 7) is 0.416. The molecular weight excluding hydrogens is 266 g/mol. The smallest absolute Gasteiger partial charge is 0.308 e. The molecule has 5 nitrogen and oxygen atoms in total. The Balaban J connectivity index is 2.01. The van der Waals surface area contributed by atoms with E-state index in [2.05, 4.69) is 10.2 Å². The molecule has 0 saturated heterocycles. The molecule has 19 heavy (non-hydrogen) atoms. The molecule has 1 N–H and O–H groups in total. The van der Waals surface area contributed by atoms with Gasteiger partial charge in [-0.2, -0.15) is 0 Å². The standard InChI is InChI=1S/C13H12ClN3O2/c14-10-3-1-2-8(6-10)12-16-15-11-5-4-9(13(18)19)7-17(11)12/h1-3,6,9H,4-5,7H2,(H,18,19). The molecule has 0 fully saturated rings. The lowest BCUT2D eigenvalue weighted by atomic mass is 9.99. The van der Waals surface area contributed by atoms with Crippen LogP contribution in [0, 0.1) is 5.92 Å². The summed E-state index contributed by atoms with van der Waals surface area (Å²) in [7, 11) is 0. The highest BCUT2D eigenvalue weighted by Crippen LogP contribution is 2.27. The average Bonchev–Trinajstić information content (AvgIpc) is 2.81. The molecule has 1 aliphatic rings. The van der Waals surface area contributed by atoms with E-state index in [0.29, 0.717) is 30.2 Å². The monoisotopic (exact) mass is 277 g/mol. The summed E-state index contributed by atoms with van der Waals surface area (Å²) in [6.07, 6.45) is 1.26. The number of nitrogens with zero attached hydrogens (tertiary/aromatic N) is 3. The van der Waals surface area contributed by atoms with Gasteiger partial charge in [0.2, 0.25) is 0 Å². The summed E-state index contributed by atoms with van der Waals surface area (Å²) in [5.74, 6) is 0.383. The van der Waals surface area contributed by atoms with Crippen molar-refractivity contribution in [2.75, 3.05) is 0 Å². The normalized spacial score (nSPS) is 18.1. The second-order valence-corrected chi connectivity index (χ2v) is 5.07. The fourth-order valence-corrected chi connectivity index (χ4v) is 2.56. The minimum atomic E-state index is -0.767. The molecule has 0 spiro atoms. The van der Waals surface area contributed by atoms with E-state index < -0.39 is 5.97 Å². The number of carboxylic acids is 1. The number of aliphatic carboxylic acids is 1. The maximum atomic E-state index is 11.1. The SMILES string of the molecule is O=C(O)C1CCc2nnc(-c3cccc(Cl)c3)n2C1. The summed E-state index contributed by atoms with van der Waals surface area (Å²) in [5.41, 5.74) is 0.859. The van der Waals surface area contributed by atoms with Crippen molar-refractivity contribution in [2.45, 2.75) is 19.4 Å². The Morgan fingerprint density at radius 2 is 2.26 bits per heavy atom. The molecule has 0 bridgehead atoms. The number of benzene rings is 1. The molecule has 98 valence electrons. The van der Waals surface area contributed by atoms with Gasteiger partial charge in [-0.05, 0) is 18.6 Å². The van der Waals surface area contributed by atoms with Gasteiger partial charge in [0.25, 0.3) is 0 Å². The second kappa shape index (κ2) is 4.66. The van der Waals surface area contributed by atoms with Crippen molar-refractivity contribution in [3.8, 4) is 11.4 Å². The molecule has 0 saturated carbocycles. The lowest BCUT2D eigenvalue weighted by Gasteiger charge is -2.21. The Labute approximate surface area is 114 Å². The van der Waals surface area contributed by atoms with E-state index in [4.69, 9.17) is 16.7 Å². The van der Waals surface area contributed by atoms with Crippen molar-refractivity contribution < 1.29 is 9.90 Å². The lowest BCUT2D eigenvalue weighted by Crippen LogP contribution is -2.27. The predicted octanol–water partition coefficient (Wildman–Crippen LogP) is 2.25. The van der Waals surface area contributed by atoms with Crippen LogP contribution in [0.5, 0.6) is 0 Å². The van der Waals surface area contributed by atoms with Gasteiger partial charge >= 0.3 is 5.97 Å². The van der Waals surface area contributed by atoms with Gasteiger partial charge in [0.15, 0.2) is 5.82 Å². The Kier molecular flexibility index (Phi) is 2.98. The van der Waals surface area contributed by atoms with Crippen LogP contribution in [-0.2, 0) is 17.8 Å². The van der Waals surface area contributed by atoms with Crippen molar-refractivity contribution in [1.82, 2.24) is 14.8 Å². The Morgan fingerprint density at radius 3 is 3.00 bits per heavy atom.